The van der Waals surface area contributed by atoms with Crippen molar-refractivity contribution in [3.63, 3.8) is 0 Å². The first-order valence-electron chi connectivity index (χ1n) is 4.61. The van der Waals surface area contributed by atoms with E-state index in [1.807, 2.05) is 0 Å². The van der Waals surface area contributed by atoms with Crippen LogP contribution in [-0.2, 0) is 10.0 Å². The van der Waals surface area contributed by atoms with Gasteiger partial charge in [-0.25, -0.2) is 12.7 Å². The Morgan fingerprint density at radius 1 is 1.53 bits per heavy atom. The molecule has 0 radical (unpaired) electrons. The van der Waals surface area contributed by atoms with E-state index in [1.54, 1.807) is 6.92 Å². The van der Waals surface area contributed by atoms with Crippen LogP contribution in [0.15, 0.2) is 16.7 Å². The number of aryl methyl sites for hydroxylation is 1. The summed E-state index contributed by atoms with van der Waals surface area (Å²) in [5.41, 5.74) is 0.320. The zero-order valence-electron chi connectivity index (χ0n) is 8.26. The molecule has 2 heterocycles. The normalized spacial score (nSPS) is 19.4. The van der Waals surface area contributed by atoms with Crippen molar-refractivity contribution in [1.82, 2.24) is 4.31 Å². The van der Waals surface area contributed by atoms with Crippen molar-refractivity contribution < 1.29 is 17.6 Å². The SMILES string of the molecule is Cc1occc1C(=O)N1CCCS1(=O)=O. The van der Waals surface area contributed by atoms with E-state index in [9.17, 15) is 13.2 Å². The second-order valence-corrected chi connectivity index (χ2v) is 5.45. The Balaban J connectivity index is 2.34. The zero-order valence-corrected chi connectivity index (χ0v) is 9.08. The summed E-state index contributed by atoms with van der Waals surface area (Å²) in [4.78, 5) is 11.8. The molecule has 1 saturated heterocycles. The number of sulfonamides is 1. The summed E-state index contributed by atoms with van der Waals surface area (Å²) in [5.74, 6) is 0.0103. The molecule has 0 aliphatic carbocycles. The smallest absolute Gasteiger partial charge is 0.270 e. The summed E-state index contributed by atoms with van der Waals surface area (Å²) >= 11 is 0. The number of amides is 1. The predicted octanol–water partition coefficient (Wildman–Crippen LogP) is 0.764. The van der Waals surface area contributed by atoms with Crippen LogP contribution in [0, 0.1) is 6.92 Å². The average Bonchev–Trinajstić information content (AvgIpc) is 2.70. The number of hydrogen-bond donors (Lipinski definition) is 0. The van der Waals surface area contributed by atoms with Gasteiger partial charge in [0.15, 0.2) is 0 Å². The Kier molecular flexibility index (Phi) is 2.30. The maximum Gasteiger partial charge on any atom is 0.270 e. The van der Waals surface area contributed by atoms with Crippen LogP contribution >= 0.6 is 0 Å². The van der Waals surface area contributed by atoms with Gasteiger partial charge in [-0.1, -0.05) is 0 Å². The van der Waals surface area contributed by atoms with Crippen LogP contribution < -0.4 is 0 Å². The van der Waals surface area contributed by atoms with Gasteiger partial charge in [0, 0.05) is 6.54 Å². The molecule has 1 aliphatic heterocycles. The van der Waals surface area contributed by atoms with E-state index in [4.69, 9.17) is 4.42 Å². The molecule has 1 aromatic heterocycles. The fourth-order valence-electron chi connectivity index (χ4n) is 1.61. The standard InChI is InChI=1S/C9H11NO4S/c1-7-8(3-5-14-7)9(11)10-4-2-6-15(10,12)13/h3,5H,2,4,6H2,1H3. The van der Waals surface area contributed by atoms with Crippen molar-refractivity contribution in [1.29, 1.82) is 0 Å². The fourth-order valence-corrected chi connectivity index (χ4v) is 3.08. The minimum Gasteiger partial charge on any atom is -0.469 e. The number of furan rings is 1. The van der Waals surface area contributed by atoms with Crippen LogP contribution in [0.25, 0.3) is 0 Å². The van der Waals surface area contributed by atoms with Crippen molar-refractivity contribution >= 4 is 15.9 Å². The molecule has 0 spiro atoms. The van der Waals surface area contributed by atoms with Gasteiger partial charge in [0.1, 0.15) is 5.76 Å². The van der Waals surface area contributed by atoms with Gasteiger partial charge in [-0.15, -0.1) is 0 Å². The summed E-state index contributed by atoms with van der Waals surface area (Å²) in [6, 6.07) is 1.49. The van der Waals surface area contributed by atoms with Gasteiger partial charge in [0.05, 0.1) is 17.6 Å². The van der Waals surface area contributed by atoms with Gasteiger partial charge in [-0.3, -0.25) is 4.79 Å². The van der Waals surface area contributed by atoms with Gasteiger partial charge < -0.3 is 4.42 Å². The van der Waals surface area contributed by atoms with Crippen molar-refractivity contribution in [2.75, 3.05) is 12.3 Å². The summed E-state index contributed by atoms with van der Waals surface area (Å²) in [6.07, 6.45) is 1.89. The van der Waals surface area contributed by atoms with Gasteiger partial charge in [-0.05, 0) is 19.4 Å². The van der Waals surface area contributed by atoms with Crippen molar-refractivity contribution in [3.05, 3.63) is 23.7 Å². The molecule has 1 fully saturated rings. The first-order chi connectivity index (χ1) is 7.02. The first kappa shape index (κ1) is 10.2. The lowest BCUT2D eigenvalue weighted by atomic mass is 10.2. The van der Waals surface area contributed by atoms with Crippen LogP contribution in [-0.4, -0.2) is 30.9 Å². The van der Waals surface area contributed by atoms with Crippen molar-refractivity contribution in [3.8, 4) is 0 Å². The van der Waals surface area contributed by atoms with Gasteiger partial charge in [-0.2, -0.15) is 0 Å². The molecule has 0 bridgehead atoms. The number of carbonyl (C=O) groups excluding carboxylic acids is 1. The fraction of sp³-hybridized carbons (Fsp3) is 0.444. The third kappa shape index (κ3) is 1.65. The molecule has 0 unspecified atom stereocenters. The summed E-state index contributed by atoms with van der Waals surface area (Å²) in [6.45, 7) is 1.90. The molecule has 15 heavy (non-hydrogen) atoms. The molecule has 6 heteroatoms. The molecule has 1 amide bonds. The van der Waals surface area contributed by atoms with Crippen LogP contribution in [0.4, 0.5) is 0 Å². The lowest BCUT2D eigenvalue weighted by molar-refractivity contribution is 0.0868. The molecule has 1 aromatic rings. The lowest BCUT2D eigenvalue weighted by Crippen LogP contribution is -2.32. The molecule has 0 aromatic carbocycles. The van der Waals surface area contributed by atoms with E-state index in [1.165, 1.54) is 12.3 Å². The molecule has 0 saturated carbocycles. The van der Waals surface area contributed by atoms with E-state index >= 15 is 0 Å². The van der Waals surface area contributed by atoms with E-state index in [-0.39, 0.29) is 12.3 Å². The number of hydrogen-bond acceptors (Lipinski definition) is 4. The third-order valence-electron chi connectivity index (χ3n) is 2.42. The van der Waals surface area contributed by atoms with Crippen molar-refractivity contribution in [2.24, 2.45) is 0 Å². The number of carbonyl (C=O) groups is 1. The van der Waals surface area contributed by atoms with Crippen LogP contribution in [0.3, 0.4) is 0 Å². The molecule has 82 valence electrons. The highest BCUT2D eigenvalue weighted by Crippen LogP contribution is 2.19. The van der Waals surface area contributed by atoms with E-state index in [2.05, 4.69) is 0 Å². The Hall–Kier alpha value is -1.30. The highest BCUT2D eigenvalue weighted by molar-refractivity contribution is 7.89. The van der Waals surface area contributed by atoms with Crippen LogP contribution in [0.2, 0.25) is 0 Å². The first-order valence-corrected chi connectivity index (χ1v) is 6.22. The molecule has 5 nitrogen and oxygen atoms in total. The monoisotopic (exact) mass is 229 g/mol. The second-order valence-electron chi connectivity index (χ2n) is 3.44. The number of nitrogens with zero attached hydrogens (tertiary/aromatic N) is 1. The minimum absolute atomic E-state index is 0.0512. The van der Waals surface area contributed by atoms with E-state index in [0.717, 1.165) is 4.31 Å². The van der Waals surface area contributed by atoms with E-state index < -0.39 is 15.9 Å². The van der Waals surface area contributed by atoms with Crippen LogP contribution in [0.5, 0.6) is 0 Å². The second kappa shape index (κ2) is 3.37. The summed E-state index contributed by atoms with van der Waals surface area (Å²) < 4.78 is 28.9. The Morgan fingerprint density at radius 3 is 2.73 bits per heavy atom. The molecule has 2 rings (SSSR count). The van der Waals surface area contributed by atoms with Crippen molar-refractivity contribution in [2.45, 2.75) is 13.3 Å². The Labute approximate surface area is 87.7 Å². The third-order valence-corrected chi connectivity index (χ3v) is 4.24. The highest BCUT2D eigenvalue weighted by Gasteiger charge is 2.34. The van der Waals surface area contributed by atoms with E-state index in [0.29, 0.717) is 17.7 Å². The van der Waals surface area contributed by atoms with Gasteiger partial charge in [0.25, 0.3) is 5.91 Å². The topological polar surface area (TPSA) is 67.6 Å². The Morgan fingerprint density at radius 2 is 2.27 bits per heavy atom. The minimum atomic E-state index is -3.39. The van der Waals surface area contributed by atoms with Gasteiger partial charge >= 0.3 is 0 Å². The summed E-state index contributed by atoms with van der Waals surface area (Å²) in [7, 11) is -3.39. The molecule has 1 aliphatic rings. The number of rotatable bonds is 1. The van der Waals surface area contributed by atoms with Gasteiger partial charge in [0.2, 0.25) is 10.0 Å². The highest BCUT2D eigenvalue weighted by atomic mass is 32.2. The van der Waals surface area contributed by atoms with Crippen LogP contribution in [0.1, 0.15) is 22.5 Å². The molecule has 0 atom stereocenters. The lowest BCUT2D eigenvalue weighted by Gasteiger charge is -2.13. The maximum absolute atomic E-state index is 11.8. The Bertz CT molecular complexity index is 488. The summed E-state index contributed by atoms with van der Waals surface area (Å²) in [5, 5.41) is 0. The predicted molar refractivity (Wildman–Crippen MR) is 52.9 cm³/mol. The average molecular weight is 229 g/mol. The molecular formula is C9H11NO4S. The largest absolute Gasteiger partial charge is 0.469 e. The molecular weight excluding hydrogens is 218 g/mol. The quantitative estimate of drug-likeness (QED) is 0.713. The molecule has 0 N–H and O–H groups in total. The maximum atomic E-state index is 11.8. The zero-order chi connectivity index (χ0) is 11.1.